The predicted molar refractivity (Wildman–Crippen MR) is 76.8 cm³/mol. The lowest BCUT2D eigenvalue weighted by molar-refractivity contribution is 0.537. The van der Waals surface area contributed by atoms with Crippen LogP contribution in [0.25, 0.3) is 0 Å². The van der Waals surface area contributed by atoms with E-state index in [-0.39, 0.29) is 5.75 Å². The highest BCUT2D eigenvalue weighted by atomic mass is 32.2. The first-order chi connectivity index (χ1) is 8.82. The van der Waals surface area contributed by atoms with E-state index in [4.69, 9.17) is 5.73 Å². The van der Waals surface area contributed by atoms with E-state index in [1.807, 2.05) is 24.3 Å². The minimum atomic E-state index is -3.24. The molecule has 0 bridgehead atoms. The Kier molecular flexibility index (Phi) is 3.99. The molecule has 5 heteroatoms. The smallest absolute Gasteiger partial charge is 0.215 e. The first-order valence-corrected chi connectivity index (χ1v) is 8.23. The van der Waals surface area contributed by atoms with Gasteiger partial charge >= 0.3 is 0 Å². The maximum absolute atomic E-state index is 12.0. The van der Waals surface area contributed by atoms with E-state index in [1.165, 1.54) is 0 Å². The van der Waals surface area contributed by atoms with Gasteiger partial charge < -0.3 is 5.73 Å². The molecule has 1 aliphatic carbocycles. The van der Waals surface area contributed by atoms with Crippen LogP contribution in [0.4, 0.5) is 0 Å². The Morgan fingerprint density at radius 2 is 1.79 bits per heavy atom. The van der Waals surface area contributed by atoms with Gasteiger partial charge in [-0.05, 0) is 28.9 Å². The quantitative estimate of drug-likeness (QED) is 0.832. The Bertz CT molecular complexity index is 535. The van der Waals surface area contributed by atoms with Crippen LogP contribution in [0.1, 0.15) is 31.4 Å². The second-order valence-electron chi connectivity index (χ2n) is 6.02. The van der Waals surface area contributed by atoms with Crippen LogP contribution in [0.2, 0.25) is 0 Å². The Morgan fingerprint density at radius 3 is 2.26 bits per heavy atom. The van der Waals surface area contributed by atoms with Gasteiger partial charge in [-0.2, -0.15) is 0 Å². The fraction of sp³-hybridized carbons (Fsp3) is 0.571. The van der Waals surface area contributed by atoms with E-state index >= 15 is 0 Å². The molecule has 1 atom stereocenters. The number of sulfonamides is 1. The van der Waals surface area contributed by atoms with E-state index < -0.39 is 10.0 Å². The van der Waals surface area contributed by atoms with Crippen LogP contribution in [0.5, 0.6) is 0 Å². The van der Waals surface area contributed by atoms with E-state index in [9.17, 15) is 8.42 Å². The van der Waals surface area contributed by atoms with Crippen LogP contribution in [0, 0.1) is 11.3 Å². The molecule has 0 radical (unpaired) electrons. The van der Waals surface area contributed by atoms with Gasteiger partial charge in [0, 0.05) is 13.1 Å². The molecule has 4 nitrogen and oxygen atoms in total. The fourth-order valence-electron chi connectivity index (χ4n) is 2.19. The van der Waals surface area contributed by atoms with E-state index in [1.54, 1.807) is 0 Å². The molecule has 1 aromatic carbocycles. The van der Waals surface area contributed by atoms with Crippen LogP contribution >= 0.6 is 0 Å². The van der Waals surface area contributed by atoms with Crippen molar-refractivity contribution in [3.63, 3.8) is 0 Å². The number of nitrogens with one attached hydrogen (secondary N) is 1. The summed E-state index contributed by atoms with van der Waals surface area (Å²) in [7, 11) is -3.24. The van der Waals surface area contributed by atoms with E-state index in [0.717, 1.165) is 17.5 Å². The van der Waals surface area contributed by atoms with Gasteiger partial charge in [0.25, 0.3) is 0 Å². The largest absolute Gasteiger partial charge is 0.326 e. The summed E-state index contributed by atoms with van der Waals surface area (Å²) in [5.74, 6) is 0.507. The zero-order chi connectivity index (χ0) is 14.1. The van der Waals surface area contributed by atoms with Crippen molar-refractivity contribution in [2.24, 2.45) is 17.1 Å². The van der Waals surface area contributed by atoms with Gasteiger partial charge in [0.05, 0.1) is 5.75 Å². The van der Waals surface area contributed by atoms with Crippen LogP contribution in [-0.4, -0.2) is 15.0 Å². The van der Waals surface area contributed by atoms with Crippen molar-refractivity contribution in [1.29, 1.82) is 0 Å². The van der Waals surface area contributed by atoms with Crippen LogP contribution < -0.4 is 10.5 Å². The van der Waals surface area contributed by atoms with Crippen molar-refractivity contribution < 1.29 is 8.42 Å². The molecule has 0 spiro atoms. The molecule has 0 aliphatic heterocycles. The van der Waals surface area contributed by atoms with Gasteiger partial charge in [-0.15, -0.1) is 0 Å². The molecule has 1 fully saturated rings. The molecular formula is C14H22N2O2S. The van der Waals surface area contributed by atoms with Gasteiger partial charge in [-0.3, -0.25) is 0 Å². The van der Waals surface area contributed by atoms with Gasteiger partial charge in [0.15, 0.2) is 0 Å². The first kappa shape index (κ1) is 14.5. The molecule has 1 saturated carbocycles. The minimum Gasteiger partial charge on any atom is -0.326 e. The van der Waals surface area contributed by atoms with E-state index in [0.29, 0.717) is 24.4 Å². The summed E-state index contributed by atoms with van der Waals surface area (Å²) in [5.41, 5.74) is 7.61. The lowest BCUT2D eigenvalue weighted by Gasteiger charge is -2.08. The Hall–Kier alpha value is -0.910. The molecule has 1 unspecified atom stereocenters. The average molecular weight is 282 g/mol. The van der Waals surface area contributed by atoms with Crippen molar-refractivity contribution in [3.05, 3.63) is 35.4 Å². The summed E-state index contributed by atoms with van der Waals surface area (Å²) < 4.78 is 26.6. The summed E-state index contributed by atoms with van der Waals surface area (Å²) in [6.45, 7) is 5.35. The molecule has 0 saturated heterocycles. The zero-order valence-corrected chi connectivity index (χ0v) is 12.3. The third-order valence-corrected chi connectivity index (χ3v) is 5.20. The third-order valence-electron chi connectivity index (χ3n) is 3.88. The summed E-state index contributed by atoms with van der Waals surface area (Å²) in [6.07, 6.45) is 1.10. The maximum atomic E-state index is 12.0. The molecule has 2 rings (SSSR count). The first-order valence-electron chi connectivity index (χ1n) is 6.58. The molecule has 106 valence electrons. The third kappa shape index (κ3) is 4.03. The monoisotopic (exact) mass is 282 g/mol. The highest BCUT2D eigenvalue weighted by Gasteiger charge is 2.45. The van der Waals surface area contributed by atoms with Gasteiger partial charge in [0.2, 0.25) is 10.0 Å². The second kappa shape index (κ2) is 5.23. The number of hydrogen-bond donors (Lipinski definition) is 2. The van der Waals surface area contributed by atoms with Crippen molar-refractivity contribution in [1.82, 2.24) is 4.72 Å². The lowest BCUT2D eigenvalue weighted by atomic mass is 10.1. The molecule has 0 heterocycles. The normalized spacial score (nSPS) is 21.3. The molecule has 3 N–H and O–H groups in total. The van der Waals surface area contributed by atoms with E-state index in [2.05, 4.69) is 18.6 Å². The number of hydrogen-bond acceptors (Lipinski definition) is 3. The Morgan fingerprint density at radius 1 is 1.26 bits per heavy atom. The van der Waals surface area contributed by atoms with Crippen LogP contribution in [-0.2, 0) is 22.3 Å². The van der Waals surface area contributed by atoms with Crippen molar-refractivity contribution >= 4 is 10.0 Å². The number of rotatable bonds is 6. The summed E-state index contributed by atoms with van der Waals surface area (Å²) in [4.78, 5) is 0. The fourth-order valence-corrected chi connectivity index (χ4v) is 3.38. The Labute approximate surface area is 115 Å². The maximum Gasteiger partial charge on any atom is 0.215 e. The number of nitrogens with two attached hydrogens (primary N) is 1. The number of benzene rings is 1. The summed E-state index contributed by atoms with van der Waals surface area (Å²) >= 11 is 0. The molecule has 1 aliphatic rings. The molecule has 19 heavy (non-hydrogen) atoms. The van der Waals surface area contributed by atoms with Gasteiger partial charge in [-0.25, -0.2) is 13.1 Å². The predicted octanol–water partition coefficient (Wildman–Crippen LogP) is 1.61. The molecule has 1 aromatic rings. The van der Waals surface area contributed by atoms with Crippen LogP contribution in [0.15, 0.2) is 24.3 Å². The average Bonchev–Trinajstić information content (AvgIpc) is 2.95. The molecular weight excluding hydrogens is 260 g/mol. The lowest BCUT2D eigenvalue weighted by Crippen LogP contribution is -2.28. The topological polar surface area (TPSA) is 72.2 Å². The van der Waals surface area contributed by atoms with Crippen molar-refractivity contribution in [2.75, 3.05) is 6.54 Å². The molecule has 0 aromatic heterocycles. The second-order valence-corrected chi connectivity index (χ2v) is 7.82. The SMILES string of the molecule is CC1(C)CC1CNS(=O)(=O)Cc1ccc(CN)cc1. The Balaban J connectivity index is 1.89. The van der Waals surface area contributed by atoms with Crippen LogP contribution in [0.3, 0.4) is 0 Å². The van der Waals surface area contributed by atoms with Crippen molar-refractivity contribution in [2.45, 2.75) is 32.6 Å². The molecule has 0 amide bonds. The van der Waals surface area contributed by atoms with Gasteiger partial charge in [0.1, 0.15) is 0 Å². The van der Waals surface area contributed by atoms with Gasteiger partial charge in [-0.1, -0.05) is 38.1 Å². The zero-order valence-electron chi connectivity index (χ0n) is 11.5. The summed E-state index contributed by atoms with van der Waals surface area (Å²) in [6, 6.07) is 7.38. The highest BCUT2D eigenvalue weighted by Crippen LogP contribution is 2.51. The highest BCUT2D eigenvalue weighted by molar-refractivity contribution is 7.88. The standard InChI is InChI=1S/C14H22N2O2S/c1-14(2)7-13(14)9-16-19(17,18)10-12-5-3-11(8-15)4-6-12/h3-6,13,16H,7-10,15H2,1-2H3. The van der Waals surface area contributed by atoms with Crippen molar-refractivity contribution in [3.8, 4) is 0 Å². The summed E-state index contributed by atoms with van der Waals surface area (Å²) in [5, 5.41) is 0. The minimum absolute atomic E-state index is 0.0327.